The SMILES string of the molecule is C[C@]12CCC(=O)CC1=C[C@H](O)[C@@H]1C2[C@H](O)C[C@@]2(C)[C@H]1CCC21CCC(=O)O1. The van der Waals surface area contributed by atoms with Gasteiger partial charge in [-0.15, -0.1) is 0 Å². The Balaban J connectivity index is 1.58. The molecule has 148 valence electrons. The van der Waals surface area contributed by atoms with Crippen molar-refractivity contribution < 1.29 is 24.5 Å². The third kappa shape index (κ3) is 2.13. The normalized spacial score (nSPS) is 54.2. The molecule has 5 nitrogen and oxygen atoms in total. The number of ketones is 1. The Kier molecular flexibility index (Phi) is 3.60. The summed E-state index contributed by atoms with van der Waals surface area (Å²) in [5, 5.41) is 22.5. The van der Waals surface area contributed by atoms with Gasteiger partial charge in [0, 0.05) is 24.7 Å². The first kappa shape index (κ1) is 17.9. The molecule has 0 aromatic rings. The second kappa shape index (κ2) is 5.44. The van der Waals surface area contributed by atoms with Crippen molar-refractivity contribution in [2.45, 2.75) is 83.0 Å². The first-order valence-corrected chi connectivity index (χ1v) is 10.5. The number of fused-ring (bicyclic) bond motifs is 6. The van der Waals surface area contributed by atoms with E-state index in [4.69, 9.17) is 4.74 Å². The third-order valence-electron chi connectivity index (χ3n) is 9.23. The molecule has 4 fully saturated rings. The average Bonchev–Trinajstić information content (AvgIpc) is 3.10. The lowest BCUT2D eigenvalue weighted by molar-refractivity contribution is -0.192. The Hall–Kier alpha value is -1.20. The molecule has 0 amide bonds. The van der Waals surface area contributed by atoms with Gasteiger partial charge in [0.05, 0.1) is 12.2 Å². The van der Waals surface area contributed by atoms with Crippen LogP contribution in [0, 0.1) is 28.6 Å². The summed E-state index contributed by atoms with van der Waals surface area (Å²) in [5.41, 5.74) is 0.0247. The summed E-state index contributed by atoms with van der Waals surface area (Å²) in [7, 11) is 0. The average molecular weight is 374 g/mol. The number of ether oxygens (including phenoxy) is 1. The minimum absolute atomic E-state index is 0.0362. The molecule has 4 aliphatic carbocycles. The maximum absolute atomic E-state index is 12.0. The van der Waals surface area contributed by atoms with E-state index in [2.05, 4.69) is 13.8 Å². The molecule has 2 N–H and O–H groups in total. The Morgan fingerprint density at radius 1 is 1.11 bits per heavy atom. The number of carbonyl (C=O) groups excluding carboxylic acids is 2. The van der Waals surface area contributed by atoms with Crippen LogP contribution in [0.3, 0.4) is 0 Å². The molecule has 2 unspecified atom stereocenters. The monoisotopic (exact) mass is 374 g/mol. The number of Topliss-reactive ketones (excluding diaryl/α,β-unsaturated/α-hetero) is 1. The van der Waals surface area contributed by atoms with E-state index in [0.29, 0.717) is 25.7 Å². The second-order valence-electron chi connectivity index (χ2n) is 10.2. The molecule has 5 aliphatic rings. The molecule has 1 spiro atoms. The van der Waals surface area contributed by atoms with Crippen molar-refractivity contribution in [1.82, 2.24) is 0 Å². The fraction of sp³-hybridized carbons (Fsp3) is 0.818. The lowest BCUT2D eigenvalue weighted by Gasteiger charge is -2.61. The van der Waals surface area contributed by atoms with Crippen molar-refractivity contribution in [3.05, 3.63) is 11.6 Å². The van der Waals surface area contributed by atoms with E-state index in [9.17, 15) is 19.8 Å². The highest BCUT2D eigenvalue weighted by atomic mass is 16.6. The summed E-state index contributed by atoms with van der Waals surface area (Å²) >= 11 is 0. The topological polar surface area (TPSA) is 83.8 Å². The van der Waals surface area contributed by atoms with E-state index < -0.39 is 17.8 Å². The molecule has 3 saturated carbocycles. The summed E-state index contributed by atoms with van der Waals surface area (Å²) in [6.07, 6.45) is 5.99. The van der Waals surface area contributed by atoms with Crippen LogP contribution in [0.25, 0.3) is 0 Å². The highest BCUT2D eigenvalue weighted by Gasteiger charge is 2.70. The number of allylic oxidation sites excluding steroid dienone is 1. The summed E-state index contributed by atoms with van der Waals surface area (Å²) in [5.74, 6) is 0.249. The van der Waals surface area contributed by atoms with Gasteiger partial charge < -0.3 is 14.9 Å². The van der Waals surface area contributed by atoms with Crippen LogP contribution in [0.1, 0.15) is 65.2 Å². The molecule has 0 aromatic carbocycles. The van der Waals surface area contributed by atoms with Crippen molar-refractivity contribution >= 4 is 11.8 Å². The van der Waals surface area contributed by atoms with Gasteiger partial charge in [-0.25, -0.2) is 0 Å². The zero-order valence-corrected chi connectivity index (χ0v) is 16.2. The van der Waals surface area contributed by atoms with Gasteiger partial charge in [0.2, 0.25) is 0 Å². The van der Waals surface area contributed by atoms with Crippen molar-refractivity contribution in [2.24, 2.45) is 28.6 Å². The fourth-order valence-corrected chi connectivity index (χ4v) is 7.87. The second-order valence-corrected chi connectivity index (χ2v) is 10.2. The maximum Gasteiger partial charge on any atom is 0.306 e. The predicted octanol–water partition coefficient (Wildman–Crippen LogP) is 2.54. The summed E-state index contributed by atoms with van der Waals surface area (Å²) < 4.78 is 5.90. The number of aliphatic hydroxyl groups is 2. The number of aliphatic hydroxyl groups excluding tert-OH is 2. The van der Waals surface area contributed by atoms with Crippen LogP contribution >= 0.6 is 0 Å². The molecule has 1 saturated heterocycles. The van der Waals surface area contributed by atoms with Crippen molar-refractivity contribution in [1.29, 1.82) is 0 Å². The zero-order valence-electron chi connectivity index (χ0n) is 16.2. The predicted molar refractivity (Wildman–Crippen MR) is 97.5 cm³/mol. The number of hydrogen-bond donors (Lipinski definition) is 2. The van der Waals surface area contributed by atoms with E-state index in [1.165, 1.54) is 0 Å². The molecule has 0 bridgehead atoms. The molecule has 0 aromatic heterocycles. The molecule has 5 heteroatoms. The zero-order chi connectivity index (χ0) is 19.2. The largest absolute Gasteiger partial charge is 0.458 e. The molecular weight excluding hydrogens is 344 g/mol. The third-order valence-corrected chi connectivity index (χ3v) is 9.23. The van der Waals surface area contributed by atoms with Gasteiger partial charge in [0.25, 0.3) is 0 Å². The Morgan fingerprint density at radius 3 is 2.59 bits per heavy atom. The summed E-state index contributed by atoms with van der Waals surface area (Å²) in [6, 6.07) is 0. The Morgan fingerprint density at radius 2 is 1.89 bits per heavy atom. The van der Waals surface area contributed by atoms with Crippen LogP contribution < -0.4 is 0 Å². The Bertz CT molecular complexity index is 743. The van der Waals surface area contributed by atoms with E-state index >= 15 is 0 Å². The highest BCUT2D eigenvalue weighted by Crippen LogP contribution is 2.69. The van der Waals surface area contributed by atoms with Gasteiger partial charge in [0.1, 0.15) is 11.4 Å². The van der Waals surface area contributed by atoms with Crippen molar-refractivity contribution in [3.63, 3.8) is 0 Å². The standard InChI is InChI=1S/C22H30O5/c1-20-6-3-13(23)9-12(20)10-15(24)18-14-4-7-22(8-5-17(26)27-22)21(14,2)11-16(25)19(18)20/h10,14-16,18-19,24-25H,3-9,11H2,1-2H3/t14-,15-,16+,18+,19?,20-,21-,22?/m0/s1. The van der Waals surface area contributed by atoms with Crippen LogP contribution in [-0.2, 0) is 14.3 Å². The number of rotatable bonds is 0. The smallest absolute Gasteiger partial charge is 0.306 e. The number of esters is 1. The van der Waals surface area contributed by atoms with Crippen LogP contribution in [0.15, 0.2) is 11.6 Å². The molecule has 5 rings (SSSR count). The van der Waals surface area contributed by atoms with Crippen molar-refractivity contribution in [3.8, 4) is 0 Å². The maximum atomic E-state index is 12.0. The van der Waals surface area contributed by atoms with E-state index in [1.807, 2.05) is 6.08 Å². The summed E-state index contributed by atoms with van der Waals surface area (Å²) in [4.78, 5) is 24.0. The van der Waals surface area contributed by atoms with Crippen LogP contribution in [-0.4, -0.2) is 39.8 Å². The first-order chi connectivity index (χ1) is 12.7. The lowest BCUT2D eigenvalue weighted by Crippen LogP contribution is -2.62. The van der Waals surface area contributed by atoms with Gasteiger partial charge in [-0.2, -0.15) is 0 Å². The highest BCUT2D eigenvalue weighted by molar-refractivity contribution is 5.82. The number of carbonyl (C=O) groups is 2. The van der Waals surface area contributed by atoms with Gasteiger partial charge in [-0.1, -0.05) is 25.5 Å². The lowest BCUT2D eigenvalue weighted by atomic mass is 9.45. The summed E-state index contributed by atoms with van der Waals surface area (Å²) in [6.45, 7) is 4.35. The van der Waals surface area contributed by atoms with Gasteiger partial charge in [-0.3, -0.25) is 9.59 Å². The van der Waals surface area contributed by atoms with Crippen LogP contribution in [0.5, 0.6) is 0 Å². The molecule has 1 aliphatic heterocycles. The van der Waals surface area contributed by atoms with E-state index in [-0.39, 0.29) is 40.3 Å². The van der Waals surface area contributed by atoms with Gasteiger partial charge in [-0.05, 0) is 55.3 Å². The van der Waals surface area contributed by atoms with E-state index in [0.717, 1.165) is 31.3 Å². The molecule has 27 heavy (non-hydrogen) atoms. The van der Waals surface area contributed by atoms with Crippen LogP contribution in [0.2, 0.25) is 0 Å². The molecule has 0 radical (unpaired) electrons. The van der Waals surface area contributed by atoms with Gasteiger partial charge in [0.15, 0.2) is 0 Å². The van der Waals surface area contributed by atoms with Crippen molar-refractivity contribution in [2.75, 3.05) is 0 Å². The first-order valence-electron chi connectivity index (χ1n) is 10.5. The molecule has 8 atom stereocenters. The minimum atomic E-state index is -0.643. The van der Waals surface area contributed by atoms with Crippen LogP contribution in [0.4, 0.5) is 0 Å². The fourth-order valence-electron chi connectivity index (χ4n) is 7.87. The van der Waals surface area contributed by atoms with E-state index in [1.54, 1.807) is 0 Å². The number of hydrogen-bond acceptors (Lipinski definition) is 5. The molecule has 1 heterocycles. The van der Waals surface area contributed by atoms with Gasteiger partial charge >= 0.3 is 5.97 Å². The quantitative estimate of drug-likeness (QED) is 0.503. The Labute approximate surface area is 160 Å². The molecular formula is C22H30O5. The minimum Gasteiger partial charge on any atom is -0.458 e.